The lowest BCUT2D eigenvalue weighted by molar-refractivity contribution is -0.139. The van der Waals surface area contributed by atoms with Crippen LogP contribution in [-0.4, -0.2) is 29.9 Å². The van der Waals surface area contributed by atoms with Gasteiger partial charge in [-0.15, -0.1) is 0 Å². The maximum absolute atomic E-state index is 13.2. The van der Waals surface area contributed by atoms with E-state index in [1.54, 1.807) is 0 Å². The largest absolute Gasteiger partial charge is 0.494 e. The minimum Gasteiger partial charge on any atom is -0.494 e. The molecule has 0 aliphatic carbocycles. The van der Waals surface area contributed by atoms with E-state index in [1.807, 2.05) is 0 Å². The Morgan fingerprint density at radius 2 is 2.27 bits per heavy atom. The summed E-state index contributed by atoms with van der Waals surface area (Å²) >= 11 is 0. The Hall–Kier alpha value is -1.62. The molecule has 1 atom stereocenters. The van der Waals surface area contributed by atoms with E-state index in [0.29, 0.717) is 0 Å². The Morgan fingerprint density at radius 3 is 2.67 bits per heavy atom. The summed E-state index contributed by atoms with van der Waals surface area (Å²) in [5, 5.41) is 17.6. The fraction of sp³-hybridized carbons (Fsp3) is 0.300. The number of aliphatic hydroxyl groups is 1. The number of hydrogen-bond acceptors (Lipinski definition) is 3. The molecule has 0 spiro atoms. The van der Waals surface area contributed by atoms with E-state index in [2.05, 4.69) is 4.74 Å². The van der Waals surface area contributed by atoms with Crippen LogP contribution < -0.4 is 4.74 Å². The van der Waals surface area contributed by atoms with E-state index in [1.165, 1.54) is 19.2 Å². The van der Waals surface area contributed by atoms with Crippen molar-refractivity contribution in [2.75, 3.05) is 13.7 Å². The molecular weight excluding hydrogens is 203 g/mol. The van der Waals surface area contributed by atoms with Crippen LogP contribution in [0.2, 0.25) is 0 Å². The highest BCUT2D eigenvalue weighted by Gasteiger charge is 2.19. The SMILES string of the molecule is COc1ccc(C(CO)C(=O)O)cc1F. The van der Waals surface area contributed by atoms with Crippen LogP contribution in [0.5, 0.6) is 5.75 Å². The van der Waals surface area contributed by atoms with Gasteiger partial charge < -0.3 is 14.9 Å². The Kier molecular flexibility index (Phi) is 3.62. The molecule has 1 aromatic rings. The number of rotatable bonds is 4. The second kappa shape index (κ2) is 4.75. The molecule has 0 bridgehead atoms. The quantitative estimate of drug-likeness (QED) is 0.784. The number of benzene rings is 1. The van der Waals surface area contributed by atoms with Gasteiger partial charge in [-0.3, -0.25) is 4.79 Å². The summed E-state index contributed by atoms with van der Waals surface area (Å²) in [5.41, 5.74) is 0.211. The first-order chi connectivity index (χ1) is 7.10. The van der Waals surface area contributed by atoms with Crippen LogP contribution in [-0.2, 0) is 4.79 Å². The van der Waals surface area contributed by atoms with Crippen molar-refractivity contribution >= 4 is 5.97 Å². The van der Waals surface area contributed by atoms with Crippen molar-refractivity contribution in [2.24, 2.45) is 0 Å². The Labute approximate surface area is 85.9 Å². The number of ether oxygens (including phenoxy) is 1. The molecule has 0 saturated carbocycles. The fourth-order valence-electron chi connectivity index (χ4n) is 1.23. The van der Waals surface area contributed by atoms with Crippen molar-refractivity contribution in [3.8, 4) is 5.75 Å². The first-order valence-corrected chi connectivity index (χ1v) is 4.27. The van der Waals surface area contributed by atoms with Crippen molar-refractivity contribution in [2.45, 2.75) is 5.92 Å². The first kappa shape index (κ1) is 11.5. The molecule has 1 unspecified atom stereocenters. The number of hydrogen-bond donors (Lipinski definition) is 2. The van der Waals surface area contributed by atoms with Crippen LogP contribution in [0.4, 0.5) is 4.39 Å². The van der Waals surface area contributed by atoms with E-state index in [-0.39, 0.29) is 11.3 Å². The summed E-state index contributed by atoms with van der Waals surface area (Å²) in [6.07, 6.45) is 0. The minimum atomic E-state index is -1.19. The van der Waals surface area contributed by atoms with Crippen LogP contribution in [0.15, 0.2) is 18.2 Å². The Balaban J connectivity index is 3.05. The maximum Gasteiger partial charge on any atom is 0.313 e. The second-order valence-electron chi connectivity index (χ2n) is 2.97. The van der Waals surface area contributed by atoms with Crippen molar-refractivity contribution < 1.29 is 24.1 Å². The van der Waals surface area contributed by atoms with Gasteiger partial charge in [0.1, 0.15) is 5.92 Å². The zero-order valence-electron chi connectivity index (χ0n) is 8.11. The van der Waals surface area contributed by atoms with Crippen LogP contribution in [0, 0.1) is 5.82 Å². The molecule has 0 heterocycles. The number of methoxy groups -OCH3 is 1. The summed E-state index contributed by atoms with van der Waals surface area (Å²) < 4.78 is 17.9. The van der Waals surface area contributed by atoms with Gasteiger partial charge in [-0.1, -0.05) is 6.07 Å². The summed E-state index contributed by atoms with van der Waals surface area (Å²) in [4.78, 5) is 10.7. The van der Waals surface area contributed by atoms with Crippen molar-refractivity contribution in [1.29, 1.82) is 0 Å². The monoisotopic (exact) mass is 214 g/mol. The highest BCUT2D eigenvalue weighted by Crippen LogP contribution is 2.23. The molecule has 5 heteroatoms. The average Bonchev–Trinajstić information content (AvgIpc) is 2.18. The number of aliphatic hydroxyl groups excluding tert-OH is 1. The molecule has 0 aromatic heterocycles. The third kappa shape index (κ3) is 2.44. The molecule has 0 radical (unpaired) electrons. The highest BCUT2D eigenvalue weighted by molar-refractivity contribution is 5.76. The molecule has 0 aliphatic rings. The lowest BCUT2D eigenvalue weighted by Gasteiger charge is -2.10. The molecule has 1 rings (SSSR count). The first-order valence-electron chi connectivity index (χ1n) is 4.27. The van der Waals surface area contributed by atoms with Gasteiger partial charge in [0.25, 0.3) is 0 Å². The summed E-state index contributed by atoms with van der Waals surface area (Å²) in [7, 11) is 1.32. The predicted molar refractivity (Wildman–Crippen MR) is 50.4 cm³/mol. The highest BCUT2D eigenvalue weighted by atomic mass is 19.1. The number of aliphatic carboxylic acids is 1. The minimum absolute atomic E-state index is 0.0424. The van der Waals surface area contributed by atoms with Gasteiger partial charge in [0.05, 0.1) is 13.7 Å². The molecule has 1 aromatic carbocycles. The van der Waals surface area contributed by atoms with Gasteiger partial charge in [-0.25, -0.2) is 4.39 Å². The van der Waals surface area contributed by atoms with Gasteiger partial charge in [0.2, 0.25) is 0 Å². The number of carboxylic acid groups (broad SMARTS) is 1. The van der Waals surface area contributed by atoms with Gasteiger partial charge in [-0.2, -0.15) is 0 Å². The lowest BCUT2D eigenvalue weighted by Crippen LogP contribution is -2.15. The van der Waals surface area contributed by atoms with E-state index in [9.17, 15) is 9.18 Å². The summed E-state index contributed by atoms with van der Waals surface area (Å²) in [6, 6.07) is 3.79. The maximum atomic E-state index is 13.2. The molecule has 0 fully saturated rings. The molecule has 0 saturated heterocycles. The normalized spacial score (nSPS) is 12.2. The average molecular weight is 214 g/mol. The van der Waals surface area contributed by atoms with Crippen molar-refractivity contribution in [3.05, 3.63) is 29.6 Å². The van der Waals surface area contributed by atoms with E-state index in [0.717, 1.165) is 6.07 Å². The summed E-state index contributed by atoms with van der Waals surface area (Å²) in [6.45, 7) is -0.568. The van der Waals surface area contributed by atoms with Gasteiger partial charge in [-0.05, 0) is 17.7 Å². The smallest absolute Gasteiger partial charge is 0.313 e. The molecular formula is C10H11FO4. The van der Waals surface area contributed by atoms with Gasteiger partial charge in [0.15, 0.2) is 11.6 Å². The van der Waals surface area contributed by atoms with Gasteiger partial charge in [0, 0.05) is 0 Å². The molecule has 4 nitrogen and oxygen atoms in total. The second-order valence-corrected chi connectivity index (χ2v) is 2.97. The number of halogens is 1. The number of carbonyl (C=O) groups is 1. The zero-order chi connectivity index (χ0) is 11.4. The van der Waals surface area contributed by atoms with Crippen molar-refractivity contribution in [3.63, 3.8) is 0 Å². The van der Waals surface area contributed by atoms with Gasteiger partial charge >= 0.3 is 5.97 Å². The zero-order valence-corrected chi connectivity index (χ0v) is 8.11. The third-order valence-electron chi connectivity index (χ3n) is 2.06. The van der Waals surface area contributed by atoms with E-state index >= 15 is 0 Å². The topological polar surface area (TPSA) is 66.8 Å². The molecule has 15 heavy (non-hydrogen) atoms. The summed E-state index contributed by atoms with van der Waals surface area (Å²) in [5.74, 6) is -2.90. The Morgan fingerprint density at radius 1 is 1.60 bits per heavy atom. The predicted octanol–water partition coefficient (Wildman–Crippen LogP) is 0.995. The lowest BCUT2D eigenvalue weighted by atomic mass is 10.00. The third-order valence-corrected chi connectivity index (χ3v) is 2.06. The van der Waals surface area contributed by atoms with Crippen LogP contribution >= 0.6 is 0 Å². The Bertz CT molecular complexity index is 364. The fourth-order valence-corrected chi connectivity index (χ4v) is 1.23. The molecule has 0 aliphatic heterocycles. The standard InChI is InChI=1S/C10H11FO4/c1-15-9-3-2-6(4-8(9)11)7(5-12)10(13)14/h2-4,7,12H,5H2,1H3,(H,13,14). The van der Waals surface area contributed by atoms with Crippen LogP contribution in [0.1, 0.15) is 11.5 Å². The van der Waals surface area contributed by atoms with Crippen LogP contribution in [0.25, 0.3) is 0 Å². The number of carboxylic acids is 1. The van der Waals surface area contributed by atoms with E-state index in [4.69, 9.17) is 10.2 Å². The van der Waals surface area contributed by atoms with E-state index < -0.39 is 24.3 Å². The molecule has 2 N–H and O–H groups in total. The van der Waals surface area contributed by atoms with Crippen LogP contribution in [0.3, 0.4) is 0 Å². The molecule has 0 amide bonds. The van der Waals surface area contributed by atoms with Crippen molar-refractivity contribution in [1.82, 2.24) is 0 Å². The molecule has 82 valence electrons.